The molecule has 2 aliphatic rings. The van der Waals surface area contributed by atoms with Crippen molar-refractivity contribution >= 4 is 11.7 Å². The summed E-state index contributed by atoms with van der Waals surface area (Å²) in [6.07, 6.45) is 6.89. The summed E-state index contributed by atoms with van der Waals surface area (Å²) in [6.45, 7) is 3.48. The SMILES string of the molecule is CN1CCN(C)C2(CCN(c3cnccn3)CC2)C1=O. The molecule has 108 valence electrons. The molecule has 3 rings (SSSR count). The van der Waals surface area contributed by atoms with E-state index in [4.69, 9.17) is 0 Å². The summed E-state index contributed by atoms with van der Waals surface area (Å²) >= 11 is 0. The van der Waals surface area contributed by atoms with Crippen LogP contribution in [0.25, 0.3) is 0 Å². The Morgan fingerprint density at radius 2 is 1.85 bits per heavy atom. The Bertz CT molecular complexity index is 484. The highest BCUT2D eigenvalue weighted by atomic mass is 16.2. The quantitative estimate of drug-likeness (QED) is 0.734. The van der Waals surface area contributed by atoms with Crippen molar-refractivity contribution in [1.82, 2.24) is 19.8 Å². The lowest BCUT2D eigenvalue weighted by Crippen LogP contribution is -2.67. The number of carbonyl (C=O) groups excluding carboxylic acids is 1. The van der Waals surface area contributed by atoms with Crippen molar-refractivity contribution in [2.24, 2.45) is 0 Å². The van der Waals surface area contributed by atoms with Gasteiger partial charge in [0.2, 0.25) is 5.91 Å². The van der Waals surface area contributed by atoms with Gasteiger partial charge in [-0.05, 0) is 19.9 Å². The Morgan fingerprint density at radius 3 is 2.50 bits per heavy atom. The number of amides is 1. The Morgan fingerprint density at radius 1 is 1.10 bits per heavy atom. The maximum atomic E-state index is 12.6. The van der Waals surface area contributed by atoms with Gasteiger partial charge < -0.3 is 9.80 Å². The summed E-state index contributed by atoms with van der Waals surface area (Å²) < 4.78 is 0. The number of carbonyl (C=O) groups is 1. The molecule has 0 bridgehead atoms. The zero-order chi connectivity index (χ0) is 14.2. The van der Waals surface area contributed by atoms with Crippen molar-refractivity contribution in [3.8, 4) is 0 Å². The molecule has 0 unspecified atom stereocenters. The van der Waals surface area contributed by atoms with Crippen molar-refractivity contribution in [2.45, 2.75) is 18.4 Å². The van der Waals surface area contributed by atoms with Crippen molar-refractivity contribution < 1.29 is 4.79 Å². The molecule has 0 radical (unpaired) electrons. The second-order valence-electron chi connectivity index (χ2n) is 5.73. The lowest BCUT2D eigenvalue weighted by atomic mass is 9.83. The highest BCUT2D eigenvalue weighted by molar-refractivity contribution is 5.87. The Labute approximate surface area is 119 Å². The zero-order valence-corrected chi connectivity index (χ0v) is 12.1. The standard InChI is InChI=1S/C14H21N5O/c1-17-9-10-18(2)14(13(17)20)3-7-19(8-4-14)12-11-15-5-6-16-12/h5-6,11H,3-4,7-10H2,1-2H3. The molecule has 0 aliphatic carbocycles. The predicted molar refractivity (Wildman–Crippen MR) is 76.5 cm³/mol. The smallest absolute Gasteiger partial charge is 0.243 e. The van der Waals surface area contributed by atoms with E-state index in [0.717, 1.165) is 44.8 Å². The first-order valence-electron chi connectivity index (χ1n) is 7.11. The molecule has 6 nitrogen and oxygen atoms in total. The zero-order valence-electron chi connectivity index (χ0n) is 12.1. The topological polar surface area (TPSA) is 52.6 Å². The van der Waals surface area contributed by atoms with Crippen LogP contribution < -0.4 is 4.90 Å². The molecule has 0 N–H and O–H groups in total. The number of anilines is 1. The van der Waals surface area contributed by atoms with Gasteiger partial charge in [-0.3, -0.25) is 14.7 Å². The molecule has 0 atom stereocenters. The minimum absolute atomic E-state index is 0.269. The summed E-state index contributed by atoms with van der Waals surface area (Å²) in [5, 5.41) is 0. The molecule has 6 heteroatoms. The van der Waals surface area contributed by atoms with E-state index in [1.807, 2.05) is 11.9 Å². The van der Waals surface area contributed by atoms with Gasteiger partial charge in [0, 0.05) is 45.6 Å². The molecule has 2 saturated heterocycles. The number of piperazine rings is 1. The van der Waals surface area contributed by atoms with E-state index >= 15 is 0 Å². The van der Waals surface area contributed by atoms with Gasteiger partial charge in [0.1, 0.15) is 11.4 Å². The molecular weight excluding hydrogens is 254 g/mol. The van der Waals surface area contributed by atoms with Crippen LogP contribution in [0.2, 0.25) is 0 Å². The van der Waals surface area contributed by atoms with Gasteiger partial charge in [-0.1, -0.05) is 0 Å². The third-order valence-electron chi connectivity index (χ3n) is 4.71. The Hall–Kier alpha value is -1.69. The average Bonchev–Trinajstić information content (AvgIpc) is 2.51. The average molecular weight is 275 g/mol. The van der Waals surface area contributed by atoms with Crippen molar-refractivity contribution in [2.75, 3.05) is 45.2 Å². The van der Waals surface area contributed by atoms with Gasteiger partial charge in [0.05, 0.1) is 6.20 Å². The fraction of sp³-hybridized carbons (Fsp3) is 0.643. The van der Waals surface area contributed by atoms with Crippen LogP contribution >= 0.6 is 0 Å². The summed E-state index contributed by atoms with van der Waals surface area (Å²) in [4.78, 5) is 27.4. The van der Waals surface area contributed by atoms with Crippen LogP contribution in [0.5, 0.6) is 0 Å². The molecule has 3 heterocycles. The van der Waals surface area contributed by atoms with Crippen LogP contribution in [-0.4, -0.2) is 71.5 Å². The van der Waals surface area contributed by atoms with Crippen LogP contribution in [0.3, 0.4) is 0 Å². The van der Waals surface area contributed by atoms with E-state index < -0.39 is 0 Å². The molecule has 0 aromatic carbocycles. The van der Waals surface area contributed by atoms with Crippen LogP contribution in [0.1, 0.15) is 12.8 Å². The number of likely N-dealkylation sites (N-methyl/N-ethyl adjacent to an activating group) is 2. The lowest BCUT2D eigenvalue weighted by molar-refractivity contribution is -0.150. The molecule has 2 fully saturated rings. The first-order chi connectivity index (χ1) is 9.63. The van der Waals surface area contributed by atoms with E-state index in [1.165, 1.54) is 0 Å². The van der Waals surface area contributed by atoms with E-state index in [1.54, 1.807) is 18.6 Å². The highest BCUT2D eigenvalue weighted by Crippen LogP contribution is 2.33. The molecule has 1 amide bonds. The largest absolute Gasteiger partial charge is 0.355 e. The minimum atomic E-state index is -0.314. The first kappa shape index (κ1) is 13.3. The third-order valence-corrected chi connectivity index (χ3v) is 4.71. The minimum Gasteiger partial charge on any atom is -0.355 e. The van der Waals surface area contributed by atoms with E-state index in [0.29, 0.717) is 0 Å². The van der Waals surface area contributed by atoms with Gasteiger partial charge in [0.15, 0.2) is 0 Å². The summed E-state index contributed by atoms with van der Waals surface area (Å²) in [7, 11) is 3.98. The fourth-order valence-electron chi connectivity index (χ4n) is 3.29. The van der Waals surface area contributed by atoms with Crippen molar-refractivity contribution in [3.63, 3.8) is 0 Å². The van der Waals surface area contributed by atoms with Crippen LogP contribution in [0.4, 0.5) is 5.82 Å². The first-order valence-corrected chi connectivity index (χ1v) is 7.11. The number of hydrogen-bond donors (Lipinski definition) is 0. The van der Waals surface area contributed by atoms with Gasteiger partial charge in [-0.2, -0.15) is 0 Å². The van der Waals surface area contributed by atoms with Crippen LogP contribution in [-0.2, 0) is 4.79 Å². The van der Waals surface area contributed by atoms with Crippen molar-refractivity contribution in [3.05, 3.63) is 18.6 Å². The third kappa shape index (κ3) is 2.04. The molecular formula is C14H21N5O. The molecule has 2 aliphatic heterocycles. The Balaban J connectivity index is 1.75. The molecule has 0 saturated carbocycles. The molecule has 1 aromatic heterocycles. The Kier molecular flexibility index (Phi) is 3.33. The van der Waals surface area contributed by atoms with Crippen LogP contribution in [0.15, 0.2) is 18.6 Å². The maximum Gasteiger partial charge on any atom is 0.243 e. The highest BCUT2D eigenvalue weighted by Gasteiger charge is 2.48. The van der Waals surface area contributed by atoms with E-state index in [2.05, 4.69) is 26.8 Å². The second-order valence-corrected chi connectivity index (χ2v) is 5.73. The normalized spacial score (nSPS) is 23.4. The number of rotatable bonds is 1. The second kappa shape index (κ2) is 5.01. The number of piperidine rings is 1. The number of aromatic nitrogens is 2. The number of nitrogens with zero attached hydrogens (tertiary/aromatic N) is 5. The van der Waals surface area contributed by atoms with Gasteiger partial charge in [-0.15, -0.1) is 0 Å². The lowest BCUT2D eigenvalue weighted by Gasteiger charge is -2.51. The van der Waals surface area contributed by atoms with Crippen molar-refractivity contribution in [1.29, 1.82) is 0 Å². The monoisotopic (exact) mass is 275 g/mol. The molecule has 1 spiro atoms. The van der Waals surface area contributed by atoms with Gasteiger partial charge in [-0.25, -0.2) is 4.98 Å². The summed E-state index contributed by atoms with van der Waals surface area (Å²) in [6, 6.07) is 0. The molecule has 20 heavy (non-hydrogen) atoms. The van der Waals surface area contributed by atoms with Gasteiger partial charge in [0.25, 0.3) is 0 Å². The maximum absolute atomic E-state index is 12.6. The van der Waals surface area contributed by atoms with E-state index in [9.17, 15) is 4.79 Å². The predicted octanol–water partition coefficient (Wildman–Crippen LogP) is 0.219. The summed E-state index contributed by atoms with van der Waals surface area (Å²) in [5.41, 5.74) is -0.314. The van der Waals surface area contributed by atoms with E-state index in [-0.39, 0.29) is 11.4 Å². The molecule has 1 aromatic rings. The van der Waals surface area contributed by atoms with Gasteiger partial charge >= 0.3 is 0 Å². The van der Waals surface area contributed by atoms with Crippen LogP contribution in [0, 0.1) is 0 Å². The fourth-order valence-corrected chi connectivity index (χ4v) is 3.29. The summed E-state index contributed by atoms with van der Waals surface area (Å²) in [5.74, 6) is 1.17. The number of hydrogen-bond acceptors (Lipinski definition) is 5.